The first kappa shape index (κ1) is 16.2. The van der Waals surface area contributed by atoms with Crippen LogP contribution < -0.4 is 0 Å². The number of carbonyl (C=O) groups is 2. The lowest BCUT2D eigenvalue weighted by atomic mass is 10.2. The molecule has 1 N–H and O–H groups in total. The normalized spacial score (nSPS) is 26.0. The van der Waals surface area contributed by atoms with Crippen LogP contribution in [0.1, 0.15) is 25.7 Å². The molecule has 0 aromatic carbocycles. The van der Waals surface area contributed by atoms with E-state index >= 15 is 0 Å². The molecule has 120 valence electrons. The van der Waals surface area contributed by atoms with Gasteiger partial charge in [0.25, 0.3) is 0 Å². The maximum absolute atomic E-state index is 12.0. The first-order valence-corrected chi connectivity index (χ1v) is 7.45. The molecule has 0 aromatic heterocycles. The van der Waals surface area contributed by atoms with Gasteiger partial charge in [0.1, 0.15) is 0 Å². The lowest BCUT2D eigenvalue weighted by Gasteiger charge is -2.32. The van der Waals surface area contributed by atoms with Crippen LogP contribution in [0.2, 0.25) is 0 Å². The number of hydrogen-bond donors (Lipinski definition) is 1. The number of carboxylic acid groups (broad SMARTS) is 1. The molecule has 0 aromatic rings. The third kappa shape index (κ3) is 5.61. The van der Waals surface area contributed by atoms with Gasteiger partial charge in [-0.3, -0.25) is 9.59 Å². The van der Waals surface area contributed by atoms with Crippen LogP contribution in [0.15, 0.2) is 0 Å². The smallest absolute Gasteiger partial charge is 0.306 e. The van der Waals surface area contributed by atoms with E-state index in [0.29, 0.717) is 39.3 Å². The first-order chi connectivity index (χ1) is 10.1. The van der Waals surface area contributed by atoms with Gasteiger partial charge in [-0.2, -0.15) is 0 Å². The molecule has 2 heterocycles. The summed E-state index contributed by atoms with van der Waals surface area (Å²) in [6.07, 6.45) is 2.10. The summed E-state index contributed by atoms with van der Waals surface area (Å²) < 4.78 is 16.2. The van der Waals surface area contributed by atoms with Gasteiger partial charge in [0.15, 0.2) is 0 Å². The topological polar surface area (TPSA) is 85.3 Å². The van der Waals surface area contributed by atoms with Crippen LogP contribution in [-0.2, 0) is 23.8 Å². The maximum atomic E-state index is 12.0. The molecule has 21 heavy (non-hydrogen) atoms. The minimum atomic E-state index is -0.908. The van der Waals surface area contributed by atoms with Gasteiger partial charge in [-0.1, -0.05) is 0 Å². The number of rotatable bonds is 7. The van der Waals surface area contributed by atoms with Crippen LogP contribution in [0, 0.1) is 0 Å². The highest BCUT2D eigenvalue weighted by Gasteiger charge is 2.25. The molecule has 2 rings (SSSR count). The van der Waals surface area contributed by atoms with Crippen LogP contribution in [0.25, 0.3) is 0 Å². The zero-order chi connectivity index (χ0) is 15.1. The molecule has 0 spiro atoms. The second kappa shape index (κ2) is 8.31. The number of hydrogen-bond acceptors (Lipinski definition) is 5. The molecule has 2 saturated heterocycles. The van der Waals surface area contributed by atoms with E-state index in [4.69, 9.17) is 19.3 Å². The SMILES string of the molecule is O=C(O)C[C@@H]1CN(C(=O)CCOC[C@H]2CCCO2)CCO1. The Hall–Kier alpha value is -1.18. The van der Waals surface area contributed by atoms with E-state index in [1.807, 2.05) is 0 Å². The van der Waals surface area contributed by atoms with Crippen molar-refractivity contribution in [2.24, 2.45) is 0 Å². The number of ether oxygens (including phenoxy) is 3. The van der Waals surface area contributed by atoms with E-state index in [2.05, 4.69) is 0 Å². The summed E-state index contributed by atoms with van der Waals surface area (Å²) >= 11 is 0. The molecule has 0 saturated carbocycles. The minimum Gasteiger partial charge on any atom is -0.481 e. The zero-order valence-electron chi connectivity index (χ0n) is 12.2. The summed E-state index contributed by atoms with van der Waals surface area (Å²) in [6.45, 7) is 2.96. The zero-order valence-corrected chi connectivity index (χ0v) is 12.2. The van der Waals surface area contributed by atoms with Gasteiger partial charge >= 0.3 is 5.97 Å². The van der Waals surface area contributed by atoms with Crippen molar-refractivity contribution in [2.45, 2.75) is 37.9 Å². The average molecular weight is 301 g/mol. The summed E-state index contributed by atoms with van der Waals surface area (Å²) in [7, 11) is 0. The average Bonchev–Trinajstić information content (AvgIpc) is 2.96. The van der Waals surface area contributed by atoms with E-state index < -0.39 is 12.1 Å². The Kier molecular flexibility index (Phi) is 6.41. The van der Waals surface area contributed by atoms with Crippen molar-refractivity contribution in [1.29, 1.82) is 0 Å². The van der Waals surface area contributed by atoms with Crippen molar-refractivity contribution in [3.63, 3.8) is 0 Å². The molecule has 7 heteroatoms. The van der Waals surface area contributed by atoms with Crippen LogP contribution in [-0.4, -0.2) is 73.6 Å². The molecule has 2 aliphatic heterocycles. The number of nitrogens with zero attached hydrogens (tertiary/aromatic N) is 1. The Morgan fingerprint density at radius 1 is 1.24 bits per heavy atom. The molecule has 0 bridgehead atoms. The standard InChI is InChI=1S/C14H23NO6/c16-13(3-6-19-10-11-2-1-5-20-11)15-4-7-21-12(9-15)8-14(17)18/h11-12H,1-10H2,(H,17,18)/t11-,12-/m1/s1. The fraction of sp³-hybridized carbons (Fsp3) is 0.857. The highest BCUT2D eigenvalue weighted by atomic mass is 16.5. The van der Waals surface area contributed by atoms with Crippen LogP contribution in [0.3, 0.4) is 0 Å². The van der Waals surface area contributed by atoms with E-state index in [9.17, 15) is 9.59 Å². The van der Waals surface area contributed by atoms with Gasteiger partial charge < -0.3 is 24.2 Å². The third-order valence-corrected chi connectivity index (χ3v) is 3.68. The monoisotopic (exact) mass is 301 g/mol. The maximum Gasteiger partial charge on any atom is 0.306 e. The molecular weight excluding hydrogens is 278 g/mol. The first-order valence-electron chi connectivity index (χ1n) is 7.45. The third-order valence-electron chi connectivity index (χ3n) is 3.68. The fourth-order valence-electron chi connectivity index (χ4n) is 2.57. The summed E-state index contributed by atoms with van der Waals surface area (Å²) in [5.74, 6) is -0.921. The molecule has 7 nitrogen and oxygen atoms in total. The lowest BCUT2D eigenvalue weighted by molar-refractivity contribution is -0.148. The Morgan fingerprint density at radius 2 is 2.05 bits per heavy atom. The van der Waals surface area contributed by atoms with Crippen molar-refractivity contribution >= 4 is 11.9 Å². The van der Waals surface area contributed by atoms with Gasteiger partial charge in [-0.25, -0.2) is 0 Å². The van der Waals surface area contributed by atoms with Gasteiger partial charge in [0.2, 0.25) is 5.91 Å². The van der Waals surface area contributed by atoms with Gasteiger partial charge in [-0.05, 0) is 12.8 Å². The number of carbonyl (C=O) groups excluding carboxylic acids is 1. The summed E-state index contributed by atoms with van der Waals surface area (Å²) in [4.78, 5) is 24.4. The van der Waals surface area contributed by atoms with Crippen molar-refractivity contribution < 1.29 is 28.9 Å². The minimum absolute atomic E-state index is 0.0129. The van der Waals surface area contributed by atoms with Gasteiger partial charge in [0, 0.05) is 19.7 Å². The number of carboxylic acids is 1. The van der Waals surface area contributed by atoms with Crippen molar-refractivity contribution in [2.75, 3.05) is 39.5 Å². The van der Waals surface area contributed by atoms with E-state index in [-0.39, 0.29) is 18.4 Å². The largest absolute Gasteiger partial charge is 0.481 e. The van der Waals surface area contributed by atoms with Crippen molar-refractivity contribution in [3.05, 3.63) is 0 Å². The van der Waals surface area contributed by atoms with E-state index in [0.717, 1.165) is 19.4 Å². The molecule has 0 radical (unpaired) electrons. The highest BCUT2D eigenvalue weighted by Crippen LogP contribution is 2.13. The Labute approximate surface area is 124 Å². The predicted octanol–water partition coefficient (Wildman–Crippen LogP) is 0.274. The van der Waals surface area contributed by atoms with Crippen molar-refractivity contribution in [1.82, 2.24) is 4.90 Å². The Balaban J connectivity index is 1.61. The second-order valence-electron chi connectivity index (χ2n) is 5.39. The molecule has 0 aliphatic carbocycles. The van der Waals surface area contributed by atoms with E-state index in [1.54, 1.807) is 4.90 Å². The Morgan fingerprint density at radius 3 is 2.76 bits per heavy atom. The van der Waals surface area contributed by atoms with Gasteiger partial charge in [0.05, 0.1) is 44.9 Å². The lowest BCUT2D eigenvalue weighted by Crippen LogP contribution is -2.46. The second-order valence-corrected chi connectivity index (χ2v) is 5.39. The summed E-state index contributed by atoms with van der Waals surface area (Å²) in [5.41, 5.74) is 0. The number of aliphatic carboxylic acids is 1. The molecule has 2 atom stereocenters. The van der Waals surface area contributed by atoms with Crippen LogP contribution in [0.5, 0.6) is 0 Å². The highest BCUT2D eigenvalue weighted by molar-refractivity contribution is 5.76. The fourth-order valence-corrected chi connectivity index (χ4v) is 2.57. The molecule has 2 fully saturated rings. The number of amides is 1. The summed E-state index contributed by atoms with van der Waals surface area (Å²) in [6, 6.07) is 0. The van der Waals surface area contributed by atoms with Gasteiger partial charge in [-0.15, -0.1) is 0 Å². The number of morpholine rings is 1. The van der Waals surface area contributed by atoms with Crippen LogP contribution >= 0.6 is 0 Å². The predicted molar refractivity (Wildman–Crippen MR) is 73.0 cm³/mol. The van der Waals surface area contributed by atoms with Crippen LogP contribution in [0.4, 0.5) is 0 Å². The molecule has 1 amide bonds. The quantitative estimate of drug-likeness (QED) is 0.680. The molecular formula is C14H23NO6. The Bertz CT molecular complexity index is 355. The molecule has 0 unspecified atom stereocenters. The summed E-state index contributed by atoms with van der Waals surface area (Å²) in [5, 5.41) is 8.75. The van der Waals surface area contributed by atoms with Crippen molar-refractivity contribution in [3.8, 4) is 0 Å². The van der Waals surface area contributed by atoms with E-state index in [1.165, 1.54) is 0 Å². The molecule has 2 aliphatic rings.